The molecule has 2 atom stereocenters. The molecule has 0 aliphatic carbocycles. The van der Waals surface area contributed by atoms with E-state index in [-0.39, 0.29) is 11.9 Å². The maximum atomic E-state index is 11.6. The van der Waals surface area contributed by atoms with Crippen molar-refractivity contribution in [3.05, 3.63) is 0 Å². The van der Waals surface area contributed by atoms with Crippen molar-refractivity contribution in [3.63, 3.8) is 0 Å². The van der Waals surface area contributed by atoms with Crippen LogP contribution in [0, 0.1) is 5.92 Å². The summed E-state index contributed by atoms with van der Waals surface area (Å²) < 4.78 is 0. The minimum absolute atomic E-state index is 0.0291. The first kappa shape index (κ1) is 12.2. The summed E-state index contributed by atoms with van der Waals surface area (Å²) in [5, 5.41) is 6.14. The van der Waals surface area contributed by atoms with Gasteiger partial charge in [-0.2, -0.15) is 11.8 Å². The molecular formula is C9H18N2OS2. The van der Waals surface area contributed by atoms with Crippen LogP contribution >= 0.6 is 23.5 Å². The van der Waals surface area contributed by atoms with Crippen LogP contribution < -0.4 is 10.6 Å². The Morgan fingerprint density at radius 2 is 2.57 bits per heavy atom. The zero-order valence-electron chi connectivity index (χ0n) is 8.71. The molecule has 1 saturated heterocycles. The van der Waals surface area contributed by atoms with E-state index in [1.807, 2.05) is 11.8 Å². The zero-order chi connectivity index (χ0) is 10.4. The molecule has 0 bridgehead atoms. The molecule has 1 rings (SSSR count). The van der Waals surface area contributed by atoms with Crippen LogP contribution in [0.3, 0.4) is 0 Å². The molecular weight excluding hydrogens is 216 g/mol. The fourth-order valence-electron chi connectivity index (χ4n) is 1.31. The molecule has 0 aromatic heterocycles. The van der Waals surface area contributed by atoms with Crippen molar-refractivity contribution in [3.8, 4) is 0 Å². The molecule has 1 aliphatic rings. The van der Waals surface area contributed by atoms with E-state index in [9.17, 15) is 4.79 Å². The zero-order valence-corrected chi connectivity index (χ0v) is 10.3. The lowest BCUT2D eigenvalue weighted by Gasteiger charge is -2.14. The van der Waals surface area contributed by atoms with Crippen molar-refractivity contribution < 1.29 is 4.79 Å². The van der Waals surface area contributed by atoms with E-state index in [0.717, 1.165) is 23.9 Å². The summed E-state index contributed by atoms with van der Waals surface area (Å²) in [5.41, 5.74) is 0. The summed E-state index contributed by atoms with van der Waals surface area (Å²) in [6.45, 7) is 2.95. The molecule has 14 heavy (non-hydrogen) atoms. The monoisotopic (exact) mass is 234 g/mol. The van der Waals surface area contributed by atoms with Crippen LogP contribution in [0.1, 0.15) is 6.92 Å². The molecule has 2 unspecified atom stereocenters. The van der Waals surface area contributed by atoms with Gasteiger partial charge in [-0.3, -0.25) is 10.1 Å². The molecule has 2 N–H and O–H groups in total. The van der Waals surface area contributed by atoms with E-state index in [4.69, 9.17) is 0 Å². The van der Waals surface area contributed by atoms with Gasteiger partial charge in [0, 0.05) is 18.2 Å². The average Bonchev–Trinajstić information content (AvgIpc) is 2.67. The maximum absolute atomic E-state index is 11.6. The molecule has 1 amide bonds. The second kappa shape index (κ2) is 6.58. The SMILES string of the molecule is CSCC(C)CNC(=O)C1CSCN1. The van der Waals surface area contributed by atoms with Gasteiger partial charge in [0.05, 0.1) is 6.04 Å². The molecule has 0 spiro atoms. The third kappa shape index (κ3) is 4.11. The van der Waals surface area contributed by atoms with E-state index < -0.39 is 0 Å². The quantitative estimate of drug-likeness (QED) is 0.737. The van der Waals surface area contributed by atoms with Gasteiger partial charge in [0.25, 0.3) is 0 Å². The molecule has 5 heteroatoms. The molecule has 1 aliphatic heterocycles. The topological polar surface area (TPSA) is 41.1 Å². The minimum Gasteiger partial charge on any atom is -0.354 e. The Morgan fingerprint density at radius 1 is 1.79 bits per heavy atom. The number of hydrogen-bond acceptors (Lipinski definition) is 4. The third-order valence-corrected chi connectivity index (χ3v) is 3.95. The third-order valence-electron chi connectivity index (χ3n) is 2.11. The van der Waals surface area contributed by atoms with Crippen molar-refractivity contribution in [2.24, 2.45) is 5.92 Å². The Hall–Kier alpha value is 0.130. The van der Waals surface area contributed by atoms with Crippen LogP contribution in [0.5, 0.6) is 0 Å². The fourth-order valence-corrected chi connectivity index (χ4v) is 2.93. The van der Waals surface area contributed by atoms with E-state index in [1.165, 1.54) is 0 Å². The summed E-state index contributed by atoms with van der Waals surface area (Å²) >= 11 is 3.60. The Labute approximate surface area is 94.2 Å². The van der Waals surface area contributed by atoms with Crippen molar-refractivity contribution in [2.45, 2.75) is 13.0 Å². The highest BCUT2D eigenvalue weighted by molar-refractivity contribution is 7.99. The first-order chi connectivity index (χ1) is 6.74. The van der Waals surface area contributed by atoms with Crippen LogP contribution in [0.2, 0.25) is 0 Å². The number of thioether (sulfide) groups is 2. The molecule has 1 fully saturated rings. The standard InChI is InChI=1S/C9H18N2OS2/c1-7(4-13-2)3-10-9(12)8-5-14-6-11-8/h7-8,11H,3-6H2,1-2H3,(H,10,12). The fraction of sp³-hybridized carbons (Fsp3) is 0.889. The van der Waals surface area contributed by atoms with Gasteiger partial charge in [-0.05, 0) is 17.9 Å². The smallest absolute Gasteiger partial charge is 0.238 e. The van der Waals surface area contributed by atoms with Gasteiger partial charge < -0.3 is 5.32 Å². The van der Waals surface area contributed by atoms with Crippen molar-refractivity contribution in [1.82, 2.24) is 10.6 Å². The van der Waals surface area contributed by atoms with Gasteiger partial charge in [0.1, 0.15) is 0 Å². The lowest BCUT2D eigenvalue weighted by Crippen LogP contribution is -2.43. The summed E-state index contributed by atoms with van der Waals surface area (Å²) in [5.74, 6) is 3.62. The van der Waals surface area contributed by atoms with Gasteiger partial charge in [0.15, 0.2) is 0 Å². The highest BCUT2D eigenvalue weighted by Crippen LogP contribution is 2.09. The highest BCUT2D eigenvalue weighted by atomic mass is 32.2. The second-order valence-corrected chi connectivity index (χ2v) is 5.52. The summed E-state index contributed by atoms with van der Waals surface area (Å²) in [6.07, 6.45) is 2.09. The minimum atomic E-state index is 0.0291. The summed E-state index contributed by atoms with van der Waals surface area (Å²) in [7, 11) is 0. The van der Waals surface area contributed by atoms with Gasteiger partial charge in [0.2, 0.25) is 5.91 Å². The molecule has 0 radical (unpaired) electrons. The lowest BCUT2D eigenvalue weighted by molar-refractivity contribution is -0.122. The van der Waals surface area contributed by atoms with E-state index in [2.05, 4.69) is 23.8 Å². The number of amides is 1. The van der Waals surface area contributed by atoms with Crippen molar-refractivity contribution >= 4 is 29.4 Å². The number of carbonyl (C=O) groups excluding carboxylic acids is 1. The molecule has 3 nitrogen and oxygen atoms in total. The average molecular weight is 234 g/mol. The number of nitrogens with one attached hydrogen (secondary N) is 2. The van der Waals surface area contributed by atoms with Crippen LogP contribution in [-0.2, 0) is 4.79 Å². The van der Waals surface area contributed by atoms with Crippen molar-refractivity contribution in [1.29, 1.82) is 0 Å². The Kier molecular flexibility index (Phi) is 5.74. The molecule has 82 valence electrons. The first-order valence-corrected chi connectivity index (χ1v) is 7.36. The van der Waals surface area contributed by atoms with E-state index in [1.54, 1.807) is 11.8 Å². The molecule has 1 heterocycles. The van der Waals surface area contributed by atoms with Crippen LogP contribution in [-0.4, -0.2) is 42.1 Å². The number of hydrogen-bond donors (Lipinski definition) is 2. The molecule has 0 saturated carbocycles. The predicted octanol–water partition coefficient (Wildman–Crippen LogP) is 0.764. The summed E-state index contributed by atoms with van der Waals surface area (Å²) in [4.78, 5) is 11.6. The largest absolute Gasteiger partial charge is 0.354 e. The predicted molar refractivity (Wildman–Crippen MR) is 64.8 cm³/mol. The van der Waals surface area contributed by atoms with Crippen LogP contribution in [0.25, 0.3) is 0 Å². The Morgan fingerprint density at radius 3 is 3.14 bits per heavy atom. The maximum Gasteiger partial charge on any atom is 0.238 e. The first-order valence-electron chi connectivity index (χ1n) is 4.81. The lowest BCUT2D eigenvalue weighted by atomic mass is 10.2. The Bertz CT molecular complexity index is 184. The molecule has 0 aromatic rings. The van der Waals surface area contributed by atoms with Gasteiger partial charge in [-0.1, -0.05) is 6.92 Å². The van der Waals surface area contributed by atoms with Crippen LogP contribution in [0.4, 0.5) is 0 Å². The molecule has 0 aromatic carbocycles. The van der Waals surface area contributed by atoms with E-state index in [0.29, 0.717) is 5.92 Å². The Balaban J connectivity index is 2.13. The van der Waals surface area contributed by atoms with Gasteiger partial charge in [-0.15, -0.1) is 11.8 Å². The second-order valence-electron chi connectivity index (χ2n) is 3.58. The number of carbonyl (C=O) groups is 1. The van der Waals surface area contributed by atoms with Crippen molar-refractivity contribution in [2.75, 3.05) is 30.2 Å². The summed E-state index contributed by atoms with van der Waals surface area (Å²) in [6, 6.07) is 0.0291. The van der Waals surface area contributed by atoms with Crippen LogP contribution in [0.15, 0.2) is 0 Å². The van der Waals surface area contributed by atoms with E-state index >= 15 is 0 Å². The van der Waals surface area contributed by atoms with Gasteiger partial charge >= 0.3 is 0 Å². The van der Waals surface area contributed by atoms with Gasteiger partial charge in [-0.25, -0.2) is 0 Å². The number of rotatable bonds is 5. The highest BCUT2D eigenvalue weighted by Gasteiger charge is 2.22. The normalized spacial score (nSPS) is 23.4.